The van der Waals surface area contributed by atoms with Crippen LogP contribution in [-0.2, 0) is 16.1 Å². The van der Waals surface area contributed by atoms with Crippen LogP contribution in [0.15, 0.2) is 29.4 Å². The molecule has 104 valence electrons. The summed E-state index contributed by atoms with van der Waals surface area (Å²) in [6, 6.07) is 7.30. The van der Waals surface area contributed by atoms with E-state index in [9.17, 15) is 4.79 Å². The third-order valence-electron chi connectivity index (χ3n) is 2.88. The fourth-order valence-electron chi connectivity index (χ4n) is 1.44. The molecule has 1 rings (SSSR count). The van der Waals surface area contributed by atoms with Gasteiger partial charge in [0.15, 0.2) is 5.84 Å². The molecule has 0 unspecified atom stereocenters. The highest BCUT2D eigenvalue weighted by atomic mass is 16.5. The van der Waals surface area contributed by atoms with Gasteiger partial charge in [-0.25, -0.2) is 0 Å². The number of benzene rings is 1. The van der Waals surface area contributed by atoms with Gasteiger partial charge in [0.25, 0.3) is 0 Å². The summed E-state index contributed by atoms with van der Waals surface area (Å²) in [5.74, 6) is -0.499. The molecule has 0 saturated carbocycles. The lowest BCUT2D eigenvalue weighted by Gasteiger charge is -2.22. The summed E-state index contributed by atoms with van der Waals surface area (Å²) in [5.41, 5.74) is 5.92. The minimum atomic E-state index is -1.10. The van der Waals surface area contributed by atoms with Gasteiger partial charge >= 0.3 is 0 Å². The van der Waals surface area contributed by atoms with Gasteiger partial charge in [-0.05, 0) is 19.9 Å². The van der Waals surface area contributed by atoms with E-state index in [4.69, 9.17) is 15.7 Å². The van der Waals surface area contributed by atoms with Crippen LogP contribution >= 0.6 is 0 Å². The molecule has 0 saturated heterocycles. The van der Waals surface area contributed by atoms with Crippen LogP contribution in [0, 0.1) is 5.41 Å². The number of rotatable bonds is 5. The number of ether oxygens (including phenoxy) is 1. The number of nitrogens with zero attached hydrogens (tertiary/aromatic N) is 1. The molecule has 6 nitrogen and oxygen atoms in total. The zero-order valence-electron chi connectivity index (χ0n) is 11.3. The summed E-state index contributed by atoms with van der Waals surface area (Å²) in [7, 11) is 1.58. The van der Waals surface area contributed by atoms with E-state index in [0.29, 0.717) is 12.3 Å². The molecule has 0 aliphatic carbocycles. The minimum Gasteiger partial charge on any atom is -0.409 e. The van der Waals surface area contributed by atoms with E-state index in [1.165, 1.54) is 0 Å². The third kappa shape index (κ3) is 3.45. The molecular weight excluding hydrogens is 246 g/mol. The van der Waals surface area contributed by atoms with Crippen LogP contribution < -0.4 is 11.1 Å². The topological polar surface area (TPSA) is 96.9 Å². The molecule has 0 fully saturated rings. The van der Waals surface area contributed by atoms with Gasteiger partial charge in [-0.15, -0.1) is 0 Å². The van der Waals surface area contributed by atoms with Crippen molar-refractivity contribution in [2.45, 2.75) is 20.5 Å². The van der Waals surface area contributed by atoms with E-state index < -0.39 is 5.41 Å². The number of amidine groups is 1. The standard InChI is InChI=1S/C13H19N3O3/c1-13(2,11(14)16-18)12(17)15-10-7-5-4-6-9(10)8-19-3/h4-7,18H,8H2,1-3H3,(H2,14,16)(H,15,17). The molecular formula is C13H19N3O3. The minimum absolute atomic E-state index is 0.144. The highest BCUT2D eigenvalue weighted by Crippen LogP contribution is 2.21. The Hall–Kier alpha value is -2.08. The first-order valence-corrected chi connectivity index (χ1v) is 5.79. The number of carbonyl (C=O) groups excluding carboxylic acids is 1. The molecule has 1 aromatic rings. The van der Waals surface area contributed by atoms with Crippen LogP contribution in [0.2, 0.25) is 0 Å². The van der Waals surface area contributed by atoms with E-state index in [1.807, 2.05) is 18.2 Å². The van der Waals surface area contributed by atoms with Gasteiger partial charge in [0.05, 0.1) is 6.61 Å². The largest absolute Gasteiger partial charge is 0.409 e. The lowest BCUT2D eigenvalue weighted by Crippen LogP contribution is -2.42. The number of oxime groups is 1. The number of hydrogen-bond donors (Lipinski definition) is 3. The smallest absolute Gasteiger partial charge is 0.237 e. The number of anilines is 1. The van der Waals surface area contributed by atoms with Crippen molar-refractivity contribution in [3.8, 4) is 0 Å². The third-order valence-corrected chi connectivity index (χ3v) is 2.88. The molecule has 0 heterocycles. The van der Waals surface area contributed by atoms with Crippen molar-refractivity contribution in [3.05, 3.63) is 29.8 Å². The van der Waals surface area contributed by atoms with E-state index in [0.717, 1.165) is 5.56 Å². The highest BCUT2D eigenvalue weighted by molar-refractivity contribution is 6.11. The van der Waals surface area contributed by atoms with E-state index >= 15 is 0 Å². The Labute approximate surface area is 112 Å². The molecule has 4 N–H and O–H groups in total. The normalized spacial score (nSPS) is 12.3. The zero-order valence-corrected chi connectivity index (χ0v) is 11.3. The lowest BCUT2D eigenvalue weighted by molar-refractivity contribution is -0.121. The van der Waals surface area contributed by atoms with Crippen molar-refractivity contribution >= 4 is 17.4 Å². The second kappa shape index (κ2) is 6.19. The van der Waals surface area contributed by atoms with Gasteiger partial charge in [0.1, 0.15) is 5.41 Å². The number of para-hydroxylation sites is 1. The van der Waals surface area contributed by atoms with Gasteiger partial charge in [0, 0.05) is 18.4 Å². The average molecular weight is 265 g/mol. The Morgan fingerprint density at radius 1 is 1.47 bits per heavy atom. The fourth-order valence-corrected chi connectivity index (χ4v) is 1.44. The molecule has 0 aromatic heterocycles. The molecule has 0 radical (unpaired) electrons. The molecule has 19 heavy (non-hydrogen) atoms. The maximum absolute atomic E-state index is 12.2. The Kier molecular flexibility index (Phi) is 4.88. The molecule has 0 spiro atoms. The number of nitrogens with two attached hydrogens (primary N) is 1. The number of hydrogen-bond acceptors (Lipinski definition) is 4. The van der Waals surface area contributed by atoms with E-state index in [1.54, 1.807) is 27.0 Å². The fraction of sp³-hybridized carbons (Fsp3) is 0.385. The summed E-state index contributed by atoms with van der Waals surface area (Å²) < 4.78 is 5.06. The van der Waals surface area contributed by atoms with Crippen LogP contribution in [0.3, 0.4) is 0 Å². The van der Waals surface area contributed by atoms with Crippen molar-refractivity contribution in [1.82, 2.24) is 0 Å². The van der Waals surface area contributed by atoms with Crippen LogP contribution in [0.25, 0.3) is 0 Å². The van der Waals surface area contributed by atoms with E-state index in [-0.39, 0.29) is 11.7 Å². The number of carbonyl (C=O) groups is 1. The zero-order chi connectivity index (χ0) is 14.5. The summed E-state index contributed by atoms with van der Waals surface area (Å²) >= 11 is 0. The first-order valence-electron chi connectivity index (χ1n) is 5.79. The molecule has 0 atom stereocenters. The maximum Gasteiger partial charge on any atom is 0.237 e. The maximum atomic E-state index is 12.2. The van der Waals surface area contributed by atoms with Crippen LogP contribution in [0.4, 0.5) is 5.69 Å². The van der Waals surface area contributed by atoms with Crippen LogP contribution in [0.1, 0.15) is 19.4 Å². The molecule has 6 heteroatoms. The van der Waals surface area contributed by atoms with Crippen LogP contribution in [0.5, 0.6) is 0 Å². The predicted octanol–water partition coefficient (Wildman–Crippen LogP) is 1.54. The van der Waals surface area contributed by atoms with Gasteiger partial charge in [-0.1, -0.05) is 23.4 Å². The predicted molar refractivity (Wildman–Crippen MR) is 73.0 cm³/mol. The molecule has 1 aromatic carbocycles. The first-order chi connectivity index (χ1) is 8.93. The van der Waals surface area contributed by atoms with E-state index in [2.05, 4.69) is 10.5 Å². The number of amides is 1. The summed E-state index contributed by atoms with van der Waals surface area (Å²) in [5, 5.41) is 14.3. The number of methoxy groups -OCH3 is 1. The molecule has 1 amide bonds. The van der Waals surface area contributed by atoms with Gasteiger partial charge in [-0.3, -0.25) is 4.79 Å². The van der Waals surface area contributed by atoms with Crippen molar-refractivity contribution in [2.24, 2.45) is 16.3 Å². The first kappa shape index (κ1) is 15.0. The second-order valence-electron chi connectivity index (χ2n) is 4.65. The summed E-state index contributed by atoms with van der Waals surface area (Å²) in [6.07, 6.45) is 0. The van der Waals surface area contributed by atoms with Crippen molar-refractivity contribution in [2.75, 3.05) is 12.4 Å². The van der Waals surface area contributed by atoms with Gasteiger partial charge < -0.3 is 21.0 Å². The van der Waals surface area contributed by atoms with Crippen molar-refractivity contribution < 1.29 is 14.7 Å². The van der Waals surface area contributed by atoms with Gasteiger partial charge in [0.2, 0.25) is 5.91 Å². The lowest BCUT2D eigenvalue weighted by atomic mass is 9.90. The number of nitrogens with one attached hydrogen (secondary N) is 1. The monoisotopic (exact) mass is 265 g/mol. The molecule has 0 aliphatic rings. The second-order valence-corrected chi connectivity index (χ2v) is 4.65. The van der Waals surface area contributed by atoms with Gasteiger partial charge in [-0.2, -0.15) is 0 Å². The SMILES string of the molecule is COCc1ccccc1NC(=O)C(C)(C)C(N)=NO. The summed E-state index contributed by atoms with van der Waals surface area (Å²) in [6.45, 7) is 3.55. The average Bonchev–Trinajstić information content (AvgIpc) is 2.40. The van der Waals surface area contributed by atoms with Crippen molar-refractivity contribution in [1.29, 1.82) is 0 Å². The molecule has 0 bridgehead atoms. The van der Waals surface area contributed by atoms with Crippen molar-refractivity contribution in [3.63, 3.8) is 0 Å². The molecule has 0 aliphatic heterocycles. The Morgan fingerprint density at radius 3 is 2.68 bits per heavy atom. The summed E-state index contributed by atoms with van der Waals surface area (Å²) in [4.78, 5) is 12.2. The van der Waals surface area contributed by atoms with Crippen LogP contribution in [-0.4, -0.2) is 24.1 Å². The quantitative estimate of drug-likeness (QED) is 0.325. The Bertz CT molecular complexity index is 484. The Morgan fingerprint density at radius 2 is 2.11 bits per heavy atom. The Balaban J connectivity index is 2.94. The highest BCUT2D eigenvalue weighted by Gasteiger charge is 2.33.